The second-order valence-electron chi connectivity index (χ2n) is 8.89. The van der Waals surface area contributed by atoms with Gasteiger partial charge < -0.3 is 5.11 Å². The van der Waals surface area contributed by atoms with Gasteiger partial charge in [-0.25, -0.2) is 0 Å². The molecule has 0 atom stereocenters. The number of hydrogen-bond donors (Lipinski definition) is 2. The lowest BCUT2D eigenvalue weighted by Crippen LogP contribution is -2.10. The molecule has 0 saturated carbocycles. The minimum atomic E-state index is 0.0247. The number of H-pyrrole nitrogens is 1. The van der Waals surface area contributed by atoms with Crippen LogP contribution in [0, 0.1) is 5.92 Å². The van der Waals surface area contributed by atoms with E-state index in [-0.39, 0.29) is 11.5 Å². The molecule has 0 unspecified atom stereocenters. The van der Waals surface area contributed by atoms with Crippen molar-refractivity contribution < 1.29 is 9.90 Å². The molecule has 0 spiro atoms. The first-order valence-electron chi connectivity index (χ1n) is 12.4. The minimum Gasteiger partial charge on any atom is -0.505 e. The van der Waals surface area contributed by atoms with Gasteiger partial charge in [-0.3, -0.25) is 9.89 Å². The highest BCUT2D eigenvalue weighted by molar-refractivity contribution is 6.03. The van der Waals surface area contributed by atoms with E-state index in [1.807, 2.05) is 6.07 Å². The Bertz CT molecular complexity index is 722. The number of aromatic nitrogens is 2. The zero-order valence-electron chi connectivity index (χ0n) is 19.2. The van der Waals surface area contributed by atoms with Crippen LogP contribution in [0.5, 0.6) is 5.75 Å². The molecule has 2 N–H and O–H groups in total. The molecule has 30 heavy (non-hydrogen) atoms. The summed E-state index contributed by atoms with van der Waals surface area (Å²) in [6.07, 6.45) is 20.0. The van der Waals surface area contributed by atoms with E-state index in [1.54, 1.807) is 12.3 Å². The Morgan fingerprint density at radius 2 is 1.47 bits per heavy atom. The lowest BCUT2D eigenvalue weighted by molar-refractivity contribution is 0.0952. The van der Waals surface area contributed by atoms with Gasteiger partial charge in [0.1, 0.15) is 5.52 Å². The molecular formula is C26H42N2O2. The van der Waals surface area contributed by atoms with Crippen molar-refractivity contribution in [2.75, 3.05) is 0 Å². The number of hydrogen-bond acceptors (Lipinski definition) is 3. The number of carbonyl (C=O) groups is 1. The topological polar surface area (TPSA) is 66.0 Å². The van der Waals surface area contributed by atoms with Crippen LogP contribution < -0.4 is 0 Å². The van der Waals surface area contributed by atoms with Gasteiger partial charge in [0.2, 0.25) is 0 Å². The third kappa shape index (κ3) is 8.12. The van der Waals surface area contributed by atoms with E-state index in [0.717, 1.165) is 18.2 Å². The fourth-order valence-electron chi connectivity index (χ4n) is 4.37. The molecule has 0 bridgehead atoms. The van der Waals surface area contributed by atoms with Crippen LogP contribution in [0.3, 0.4) is 0 Å². The molecule has 2 aromatic rings. The molecule has 0 saturated heterocycles. The number of benzene rings is 1. The average Bonchev–Trinajstić information content (AvgIpc) is 3.22. The fraction of sp³-hybridized carbons (Fsp3) is 0.692. The van der Waals surface area contributed by atoms with Gasteiger partial charge in [-0.05, 0) is 12.0 Å². The van der Waals surface area contributed by atoms with Gasteiger partial charge in [0.25, 0.3) is 0 Å². The van der Waals surface area contributed by atoms with Gasteiger partial charge in [0.15, 0.2) is 11.5 Å². The van der Waals surface area contributed by atoms with Crippen molar-refractivity contribution in [1.82, 2.24) is 10.2 Å². The monoisotopic (exact) mass is 414 g/mol. The van der Waals surface area contributed by atoms with Gasteiger partial charge in [0.05, 0.1) is 5.56 Å². The van der Waals surface area contributed by atoms with Crippen LogP contribution in [0.4, 0.5) is 0 Å². The molecule has 0 aliphatic heterocycles. The number of nitrogens with zero attached hydrogens (tertiary/aromatic N) is 1. The Morgan fingerprint density at radius 3 is 2.07 bits per heavy atom. The standard InChI is InChI=1S/C26H42N2O2/c1-3-5-7-9-11-13-15-21(16-14-12-10-8-6-4-2)19-24(29)23-18-17-22-20-27-28-25(22)26(23)30/h17-18,20-21,30H,3-16,19H2,1-2H3,(H,27,28). The zero-order chi connectivity index (χ0) is 21.6. The summed E-state index contributed by atoms with van der Waals surface area (Å²) >= 11 is 0. The number of aromatic hydroxyl groups is 1. The van der Waals surface area contributed by atoms with Crippen LogP contribution in [-0.2, 0) is 0 Å². The molecule has 2 rings (SSSR count). The van der Waals surface area contributed by atoms with Gasteiger partial charge >= 0.3 is 0 Å². The van der Waals surface area contributed by atoms with Crippen molar-refractivity contribution >= 4 is 16.7 Å². The lowest BCUT2D eigenvalue weighted by Gasteiger charge is -2.17. The quantitative estimate of drug-likeness (QED) is 0.204. The second kappa shape index (κ2) is 14.2. The molecule has 168 valence electrons. The van der Waals surface area contributed by atoms with E-state index in [2.05, 4.69) is 24.0 Å². The molecule has 0 fully saturated rings. The predicted molar refractivity (Wildman–Crippen MR) is 126 cm³/mol. The number of phenolic OH excluding ortho intramolecular Hbond substituents is 1. The highest BCUT2D eigenvalue weighted by Crippen LogP contribution is 2.30. The van der Waals surface area contributed by atoms with Gasteiger partial charge in [-0.15, -0.1) is 0 Å². The SMILES string of the molecule is CCCCCCCCC(CCCCCCCC)CC(=O)c1ccc2c[nH]nc2c1O. The van der Waals surface area contributed by atoms with Crippen LogP contribution >= 0.6 is 0 Å². The molecule has 0 aliphatic carbocycles. The maximum absolute atomic E-state index is 13.0. The van der Waals surface area contributed by atoms with Crippen molar-refractivity contribution in [3.05, 3.63) is 23.9 Å². The molecule has 1 aromatic carbocycles. The van der Waals surface area contributed by atoms with Gasteiger partial charge in [-0.1, -0.05) is 110 Å². The largest absolute Gasteiger partial charge is 0.505 e. The normalized spacial score (nSPS) is 11.6. The number of aromatic amines is 1. The first-order valence-corrected chi connectivity index (χ1v) is 12.4. The van der Waals surface area contributed by atoms with E-state index in [1.165, 1.54) is 77.0 Å². The number of unbranched alkanes of at least 4 members (excludes halogenated alkanes) is 10. The fourth-order valence-corrected chi connectivity index (χ4v) is 4.37. The Morgan fingerprint density at radius 1 is 0.900 bits per heavy atom. The molecule has 4 nitrogen and oxygen atoms in total. The first kappa shape index (κ1) is 24.4. The Labute approximate surface area is 182 Å². The number of ketones is 1. The number of nitrogens with one attached hydrogen (secondary N) is 1. The zero-order valence-corrected chi connectivity index (χ0v) is 19.2. The minimum absolute atomic E-state index is 0.0247. The van der Waals surface area contributed by atoms with Crippen molar-refractivity contribution in [3.63, 3.8) is 0 Å². The van der Waals surface area contributed by atoms with Crippen LogP contribution in [0.2, 0.25) is 0 Å². The second-order valence-corrected chi connectivity index (χ2v) is 8.89. The molecule has 1 heterocycles. The summed E-state index contributed by atoms with van der Waals surface area (Å²) in [5.74, 6) is 0.500. The Balaban J connectivity index is 1.88. The molecule has 0 radical (unpaired) electrons. The molecular weight excluding hydrogens is 372 g/mol. The third-order valence-corrected chi connectivity index (χ3v) is 6.29. The average molecular weight is 415 g/mol. The first-order chi connectivity index (χ1) is 14.7. The molecule has 0 amide bonds. The molecule has 4 heteroatoms. The molecule has 1 aromatic heterocycles. The van der Waals surface area contributed by atoms with E-state index >= 15 is 0 Å². The van der Waals surface area contributed by atoms with Crippen molar-refractivity contribution in [2.45, 2.75) is 110 Å². The summed E-state index contributed by atoms with van der Waals surface area (Å²) in [5, 5.41) is 18.2. The number of carbonyl (C=O) groups excluding carboxylic acids is 1. The summed E-state index contributed by atoms with van der Waals surface area (Å²) in [7, 11) is 0. The molecule has 0 aliphatic rings. The number of fused-ring (bicyclic) bond motifs is 1. The summed E-state index contributed by atoms with van der Waals surface area (Å²) < 4.78 is 0. The van der Waals surface area contributed by atoms with E-state index < -0.39 is 0 Å². The maximum Gasteiger partial charge on any atom is 0.166 e. The summed E-state index contributed by atoms with van der Waals surface area (Å²) in [6, 6.07) is 3.62. The van der Waals surface area contributed by atoms with Crippen LogP contribution in [-0.4, -0.2) is 21.1 Å². The van der Waals surface area contributed by atoms with E-state index in [4.69, 9.17) is 0 Å². The number of rotatable bonds is 17. The third-order valence-electron chi connectivity index (χ3n) is 6.29. The predicted octanol–water partition coefficient (Wildman–Crippen LogP) is 7.96. The van der Waals surface area contributed by atoms with Crippen molar-refractivity contribution in [2.24, 2.45) is 5.92 Å². The Hall–Kier alpha value is -1.84. The lowest BCUT2D eigenvalue weighted by atomic mass is 9.88. The summed E-state index contributed by atoms with van der Waals surface area (Å²) in [6.45, 7) is 4.50. The van der Waals surface area contributed by atoms with E-state index in [0.29, 0.717) is 23.4 Å². The van der Waals surface area contributed by atoms with Crippen LogP contribution in [0.25, 0.3) is 10.9 Å². The summed E-state index contributed by atoms with van der Waals surface area (Å²) in [4.78, 5) is 13.0. The summed E-state index contributed by atoms with van der Waals surface area (Å²) in [5.41, 5.74) is 0.912. The highest BCUT2D eigenvalue weighted by Gasteiger charge is 2.19. The number of phenols is 1. The van der Waals surface area contributed by atoms with E-state index in [9.17, 15) is 9.90 Å². The highest BCUT2D eigenvalue weighted by atomic mass is 16.3. The number of Topliss-reactive ketones (excluding diaryl/α,β-unsaturated/α-hetero) is 1. The van der Waals surface area contributed by atoms with Gasteiger partial charge in [-0.2, -0.15) is 5.10 Å². The van der Waals surface area contributed by atoms with Crippen LogP contribution in [0.15, 0.2) is 18.3 Å². The Kier molecular flexibility index (Phi) is 11.6. The maximum atomic E-state index is 13.0. The van der Waals surface area contributed by atoms with Crippen molar-refractivity contribution in [1.29, 1.82) is 0 Å². The smallest absolute Gasteiger partial charge is 0.166 e. The van der Waals surface area contributed by atoms with Gasteiger partial charge in [0, 0.05) is 18.0 Å². The van der Waals surface area contributed by atoms with Crippen molar-refractivity contribution in [3.8, 4) is 5.75 Å². The van der Waals surface area contributed by atoms with Crippen LogP contribution in [0.1, 0.15) is 121 Å².